The van der Waals surface area contributed by atoms with E-state index in [2.05, 4.69) is 15.3 Å². The molecule has 96 valence electrons. The highest BCUT2D eigenvalue weighted by molar-refractivity contribution is 8.01. The van der Waals surface area contributed by atoms with Gasteiger partial charge in [-0.15, -0.1) is 0 Å². The Morgan fingerprint density at radius 3 is 2.95 bits per heavy atom. The molecule has 1 aromatic carbocycles. The predicted molar refractivity (Wildman–Crippen MR) is 77.4 cm³/mol. The number of amides is 1. The Bertz CT molecular complexity index is 693. The van der Waals surface area contributed by atoms with Crippen LogP contribution in [-0.2, 0) is 4.79 Å². The quantitative estimate of drug-likeness (QED) is 0.846. The summed E-state index contributed by atoms with van der Waals surface area (Å²) in [6.45, 7) is 1.45. The average Bonchev–Trinajstić information content (AvgIpc) is 2.68. The van der Waals surface area contributed by atoms with Crippen LogP contribution in [-0.4, -0.2) is 16.7 Å². The van der Waals surface area contributed by atoms with E-state index in [-0.39, 0.29) is 5.91 Å². The second-order valence-corrected chi connectivity index (χ2v) is 6.21. The number of thiazole rings is 1. The molecule has 19 heavy (non-hydrogen) atoms. The fourth-order valence-corrected chi connectivity index (χ4v) is 3.90. The Balaban J connectivity index is 2.07. The van der Waals surface area contributed by atoms with Crippen molar-refractivity contribution < 1.29 is 4.79 Å². The number of fused-ring (bicyclic) bond motifs is 2. The number of aliphatic imine (C=N–C) groups is 1. The van der Waals surface area contributed by atoms with Crippen LogP contribution in [0, 0.1) is 0 Å². The molecule has 5 nitrogen and oxygen atoms in total. The van der Waals surface area contributed by atoms with Gasteiger partial charge in [0.25, 0.3) is 0 Å². The van der Waals surface area contributed by atoms with Crippen molar-refractivity contribution in [2.24, 2.45) is 10.7 Å². The van der Waals surface area contributed by atoms with Crippen LogP contribution in [0.3, 0.4) is 0 Å². The molecular weight excluding hydrogens is 280 g/mol. The molecule has 1 amide bonds. The summed E-state index contributed by atoms with van der Waals surface area (Å²) in [7, 11) is 0. The van der Waals surface area contributed by atoms with E-state index in [0.29, 0.717) is 16.7 Å². The van der Waals surface area contributed by atoms with Gasteiger partial charge in [-0.05, 0) is 12.1 Å². The molecule has 3 rings (SSSR count). The molecule has 3 N–H and O–H groups in total. The number of amidine groups is 1. The van der Waals surface area contributed by atoms with E-state index < -0.39 is 0 Å². The maximum atomic E-state index is 11.1. The standard InChI is InChI=1S/C12H10N4OS2/c1-6(17)14-12-16-9-10(13)15-7-4-2-3-5-8(7)18-11(9)19-12/h2-5H,1H3,(H2,13,15)(H,14,16,17). The van der Waals surface area contributed by atoms with E-state index in [9.17, 15) is 4.79 Å². The molecule has 0 unspecified atom stereocenters. The molecule has 0 aliphatic carbocycles. The molecule has 0 saturated carbocycles. The maximum Gasteiger partial charge on any atom is 0.223 e. The lowest BCUT2D eigenvalue weighted by Crippen LogP contribution is -2.14. The van der Waals surface area contributed by atoms with Crippen LogP contribution in [0.1, 0.15) is 12.6 Å². The second-order valence-electron chi connectivity index (χ2n) is 3.90. The summed E-state index contributed by atoms with van der Waals surface area (Å²) in [5.41, 5.74) is 7.45. The number of nitrogens with one attached hydrogen (secondary N) is 1. The molecule has 0 atom stereocenters. The van der Waals surface area contributed by atoms with Crippen LogP contribution in [0.4, 0.5) is 10.8 Å². The number of nitrogens with zero attached hydrogens (tertiary/aromatic N) is 2. The molecular formula is C12H10N4OS2. The van der Waals surface area contributed by atoms with E-state index in [4.69, 9.17) is 5.73 Å². The van der Waals surface area contributed by atoms with Crippen molar-refractivity contribution in [3.05, 3.63) is 30.0 Å². The largest absolute Gasteiger partial charge is 0.382 e. The van der Waals surface area contributed by atoms with Gasteiger partial charge in [0.1, 0.15) is 5.69 Å². The first-order valence-corrected chi connectivity index (χ1v) is 7.16. The van der Waals surface area contributed by atoms with E-state index in [1.54, 1.807) is 11.8 Å². The monoisotopic (exact) mass is 290 g/mol. The molecule has 1 aromatic heterocycles. The summed E-state index contributed by atoms with van der Waals surface area (Å²) < 4.78 is 0.940. The number of carbonyl (C=O) groups is 1. The van der Waals surface area contributed by atoms with Crippen LogP contribution in [0.5, 0.6) is 0 Å². The Labute approximate surface area is 118 Å². The summed E-state index contributed by atoms with van der Waals surface area (Å²) in [6.07, 6.45) is 0. The maximum absolute atomic E-state index is 11.1. The van der Waals surface area contributed by atoms with Gasteiger partial charge in [0.05, 0.1) is 9.90 Å². The first kappa shape index (κ1) is 12.2. The van der Waals surface area contributed by atoms with Gasteiger partial charge < -0.3 is 11.1 Å². The van der Waals surface area contributed by atoms with E-state index in [1.165, 1.54) is 18.3 Å². The van der Waals surface area contributed by atoms with Crippen LogP contribution < -0.4 is 11.1 Å². The van der Waals surface area contributed by atoms with Crippen molar-refractivity contribution in [2.45, 2.75) is 16.0 Å². The van der Waals surface area contributed by atoms with Crippen molar-refractivity contribution in [1.82, 2.24) is 4.98 Å². The smallest absolute Gasteiger partial charge is 0.223 e. The van der Waals surface area contributed by atoms with Gasteiger partial charge in [-0.3, -0.25) is 4.79 Å². The molecule has 0 radical (unpaired) electrons. The minimum Gasteiger partial charge on any atom is -0.382 e. The third kappa shape index (κ3) is 2.34. The van der Waals surface area contributed by atoms with E-state index >= 15 is 0 Å². The first-order valence-electron chi connectivity index (χ1n) is 5.53. The zero-order valence-corrected chi connectivity index (χ0v) is 11.6. The third-order valence-corrected chi connectivity index (χ3v) is 4.64. The predicted octanol–water partition coefficient (Wildman–Crippen LogP) is 2.60. The Kier molecular flexibility index (Phi) is 3.00. The molecule has 1 aliphatic rings. The van der Waals surface area contributed by atoms with Crippen molar-refractivity contribution in [2.75, 3.05) is 5.32 Å². The highest BCUT2D eigenvalue weighted by atomic mass is 32.2. The number of rotatable bonds is 1. The molecule has 0 saturated heterocycles. The Hall–Kier alpha value is -1.86. The van der Waals surface area contributed by atoms with Gasteiger partial charge in [-0.25, -0.2) is 9.98 Å². The topological polar surface area (TPSA) is 80.4 Å². The molecule has 0 fully saturated rings. The highest BCUT2D eigenvalue weighted by Crippen LogP contribution is 2.43. The van der Waals surface area contributed by atoms with Gasteiger partial charge in [0, 0.05) is 11.8 Å². The van der Waals surface area contributed by atoms with Gasteiger partial charge in [-0.1, -0.05) is 35.2 Å². The first-order chi connectivity index (χ1) is 9.13. The lowest BCUT2D eigenvalue weighted by Gasteiger charge is -2.00. The fourth-order valence-electron chi connectivity index (χ4n) is 1.66. The van der Waals surface area contributed by atoms with Crippen LogP contribution in [0.15, 0.2) is 38.4 Å². The zero-order valence-electron chi connectivity index (χ0n) is 10.0. The SMILES string of the molecule is CC(=O)Nc1nc2c(s1)Sc1ccccc1N=C2N. The van der Waals surface area contributed by atoms with Crippen LogP contribution >= 0.6 is 23.1 Å². The summed E-state index contributed by atoms with van der Waals surface area (Å²) in [5.74, 6) is 0.227. The molecule has 0 spiro atoms. The lowest BCUT2D eigenvalue weighted by molar-refractivity contribution is -0.114. The van der Waals surface area contributed by atoms with Crippen molar-refractivity contribution >= 4 is 45.7 Å². The summed E-state index contributed by atoms with van der Waals surface area (Å²) >= 11 is 2.97. The third-order valence-electron chi connectivity index (χ3n) is 2.43. The molecule has 7 heteroatoms. The van der Waals surface area contributed by atoms with Gasteiger partial charge in [0.2, 0.25) is 5.91 Å². The number of aromatic nitrogens is 1. The van der Waals surface area contributed by atoms with E-state index in [0.717, 1.165) is 14.8 Å². The number of benzene rings is 1. The Morgan fingerprint density at radius 1 is 1.37 bits per heavy atom. The summed E-state index contributed by atoms with van der Waals surface area (Å²) in [6, 6.07) is 7.79. The lowest BCUT2D eigenvalue weighted by atomic mass is 10.3. The molecule has 1 aliphatic heterocycles. The normalized spacial score (nSPS) is 13.0. The van der Waals surface area contributed by atoms with Crippen LogP contribution in [0.2, 0.25) is 0 Å². The van der Waals surface area contributed by atoms with Gasteiger partial charge in [-0.2, -0.15) is 0 Å². The zero-order chi connectivity index (χ0) is 13.4. The highest BCUT2D eigenvalue weighted by Gasteiger charge is 2.20. The number of nitrogens with two attached hydrogens (primary N) is 1. The van der Waals surface area contributed by atoms with E-state index in [1.807, 2.05) is 24.3 Å². The molecule has 2 heterocycles. The van der Waals surface area contributed by atoms with Crippen molar-refractivity contribution in [3.63, 3.8) is 0 Å². The van der Waals surface area contributed by atoms with Crippen molar-refractivity contribution in [1.29, 1.82) is 0 Å². The number of carbonyl (C=O) groups excluding carboxylic acids is 1. The average molecular weight is 290 g/mol. The Morgan fingerprint density at radius 2 is 2.16 bits per heavy atom. The second kappa shape index (κ2) is 4.67. The number of hydrogen-bond acceptors (Lipinski definition) is 6. The summed E-state index contributed by atoms with van der Waals surface area (Å²) in [4.78, 5) is 20.8. The molecule has 2 aromatic rings. The number of para-hydroxylation sites is 1. The van der Waals surface area contributed by atoms with Gasteiger partial charge in [0.15, 0.2) is 11.0 Å². The number of anilines is 1. The van der Waals surface area contributed by atoms with Crippen LogP contribution in [0.25, 0.3) is 0 Å². The van der Waals surface area contributed by atoms with Gasteiger partial charge >= 0.3 is 0 Å². The molecule has 0 bridgehead atoms. The minimum atomic E-state index is -0.148. The minimum absolute atomic E-state index is 0.148. The summed E-state index contributed by atoms with van der Waals surface area (Å²) in [5, 5.41) is 3.22. The fraction of sp³-hybridized carbons (Fsp3) is 0.0833. The number of hydrogen-bond donors (Lipinski definition) is 2. The van der Waals surface area contributed by atoms with Crippen molar-refractivity contribution in [3.8, 4) is 0 Å².